The zero-order valence-electron chi connectivity index (χ0n) is 12.3. The summed E-state index contributed by atoms with van der Waals surface area (Å²) in [5.41, 5.74) is 0.0627. The van der Waals surface area contributed by atoms with Gasteiger partial charge in [0.15, 0.2) is 0 Å². The molecule has 0 bridgehead atoms. The molecular weight excluding hydrogens is 307 g/mol. The van der Waals surface area contributed by atoms with Crippen LogP contribution in [0.4, 0.5) is 14.3 Å². The highest BCUT2D eigenvalue weighted by molar-refractivity contribution is 7.15. The monoisotopic (exact) mass is 324 g/mol. The Morgan fingerprint density at radius 1 is 1.41 bits per heavy atom. The molecule has 0 atom stereocenters. The molecule has 0 aliphatic heterocycles. The Labute approximate surface area is 131 Å². The number of aliphatic hydroxyl groups excluding tert-OH is 1. The van der Waals surface area contributed by atoms with Gasteiger partial charge >= 0.3 is 6.03 Å². The third kappa shape index (κ3) is 4.74. The van der Waals surface area contributed by atoms with Gasteiger partial charge in [-0.1, -0.05) is 23.5 Å². The van der Waals surface area contributed by atoms with E-state index < -0.39 is 11.6 Å². The van der Waals surface area contributed by atoms with Crippen molar-refractivity contribution in [2.24, 2.45) is 0 Å². The van der Waals surface area contributed by atoms with Crippen molar-refractivity contribution < 1.29 is 14.3 Å². The van der Waals surface area contributed by atoms with E-state index in [1.54, 1.807) is 26.0 Å². The second kappa shape index (κ2) is 6.80. The number of carbonyl (C=O) groups is 1. The Kier molecular flexibility index (Phi) is 5.04. The van der Waals surface area contributed by atoms with Crippen LogP contribution in [0.5, 0.6) is 0 Å². The van der Waals surface area contributed by atoms with Crippen molar-refractivity contribution in [2.75, 3.05) is 11.9 Å². The smallest absolute Gasteiger partial charge is 0.321 e. The zero-order chi connectivity index (χ0) is 16.2. The number of rotatable bonds is 5. The fraction of sp³-hybridized carbons (Fsp3) is 0.357. The van der Waals surface area contributed by atoms with E-state index in [9.17, 15) is 9.18 Å². The van der Waals surface area contributed by atoms with Gasteiger partial charge in [-0.15, -0.1) is 10.2 Å². The first kappa shape index (κ1) is 16.3. The summed E-state index contributed by atoms with van der Waals surface area (Å²) < 4.78 is 13.1. The van der Waals surface area contributed by atoms with Gasteiger partial charge < -0.3 is 10.4 Å². The van der Waals surface area contributed by atoms with Gasteiger partial charge in [0.1, 0.15) is 10.8 Å². The third-order valence-corrected chi connectivity index (χ3v) is 3.62. The summed E-state index contributed by atoms with van der Waals surface area (Å²) in [5, 5.41) is 23.1. The summed E-state index contributed by atoms with van der Waals surface area (Å²) in [6.45, 7) is 3.21. The van der Waals surface area contributed by atoms with Gasteiger partial charge in [0.25, 0.3) is 0 Å². The van der Waals surface area contributed by atoms with Crippen LogP contribution in [0.25, 0.3) is 0 Å². The summed E-state index contributed by atoms with van der Waals surface area (Å²) in [6.07, 6.45) is 0.445. The number of benzene rings is 1. The minimum atomic E-state index is -0.723. The number of urea groups is 1. The number of aromatic nitrogens is 2. The lowest BCUT2D eigenvalue weighted by atomic mass is 10.1. The molecule has 0 aliphatic rings. The van der Waals surface area contributed by atoms with E-state index in [1.807, 2.05) is 0 Å². The van der Waals surface area contributed by atoms with Crippen LogP contribution in [-0.2, 0) is 6.42 Å². The van der Waals surface area contributed by atoms with Crippen LogP contribution in [0, 0.1) is 5.82 Å². The predicted molar refractivity (Wildman–Crippen MR) is 82.4 cm³/mol. The average Bonchev–Trinajstić information content (AvgIpc) is 2.85. The number of anilines is 1. The normalized spacial score (nSPS) is 11.3. The highest BCUT2D eigenvalue weighted by Gasteiger charge is 2.19. The van der Waals surface area contributed by atoms with Crippen LogP contribution in [0.1, 0.15) is 24.4 Å². The molecule has 6 nitrogen and oxygen atoms in total. The third-order valence-electron chi connectivity index (χ3n) is 2.78. The first-order chi connectivity index (χ1) is 10.4. The molecule has 22 heavy (non-hydrogen) atoms. The van der Waals surface area contributed by atoms with Gasteiger partial charge in [-0.25, -0.2) is 9.18 Å². The molecule has 2 amide bonds. The molecule has 0 spiro atoms. The lowest BCUT2D eigenvalue weighted by Crippen LogP contribution is -2.48. The minimum Gasteiger partial charge on any atom is -0.394 e. The number of aliphatic hydroxyl groups is 1. The summed E-state index contributed by atoms with van der Waals surface area (Å²) in [4.78, 5) is 11.8. The lowest BCUT2D eigenvalue weighted by Gasteiger charge is -2.22. The number of hydrogen-bond acceptors (Lipinski definition) is 5. The minimum absolute atomic E-state index is 0.179. The van der Waals surface area contributed by atoms with Crippen LogP contribution in [0.2, 0.25) is 0 Å². The summed E-state index contributed by atoms with van der Waals surface area (Å²) in [6, 6.07) is 5.78. The second-order valence-corrected chi connectivity index (χ2v) is 6.49. The molecule has 1 aromatic heterocycles. The van der Waals surface area contributed by atoms with Gasteiger partial charge in [-0.05, 0) is 31.5 Å². The molecule has 2 rings (SSSR count). The number of nitrogens with one attached hydrogen (secondary N) is 2. The first-order valence-electron chi connectivity index (χ1n) is 6.65. The fourth-order valence-electron chi connectivity index (χ4n) is 1.67. The molecule has 0 saturated heterocycles. The molecule has 0 unspecified atom stereocenters. The molecule has 2 aromatic rings. The van der Waals surface area contributed by atoms with Gasteiger partial charge in [-0.2, -0.15) is 0 Å². The van der Waals surface area contributed by atoms with Crippen molar-refractivity contribution in [3.05, 3.63) is 40.7 Å². The number of halogens is 1. The Morgan fingerprint density at radius 3 is 2.86 bits per heavy atom. The molecular formula is C14H17FN4O2S. The standard InChI is InChI=1S/C14H17FN4O2S/c1-14(2,8-20)17-12(21)16-13-19-18-11(22-13)7-9-4-3-5-10(15)6-9/h3-6,20H,7-8H2,1-2H3,(H2,16,17,19,21). The van der Waals surface area contributed by atoms with E-state index in [1.165, 1.54) is 23.5 Å². The molecule has 1 heterocycles. The zero-order valence-corrected chi connectivity index (χ0v) is 13.1. The van der Waals surface area contributed by atoms with Crippen LogP contribution in [0.15, 0.2) is 24.3 Å². The summed E-state index contributed by atoms with van der Waals surface area (Å²) >= 11 is 1.22. The van der Waals surface area contributed by atoms with Crippen LogP contribution in [0.3, 0.4) is 0 Å². The molecule has 0 aliphatic carbocycles. The van der Waals surface area contributed by atoms with E-state index in [-0.39, 0.29) is 12.4 Å². The Morgan fingerprint density at radius 2 is 2.18 bits per heavy atom. The van der Waals surface area contributed by atoms with Crippen molar-refractivity contribution >= 4 is 22.5 Å². The SMILES string of the molecule is CC(C)(CO)NC(=O)Nc1nnc(Cc2cccc(F)c2)s1. The quantitative estimate of drug-likeness (QED) is 0.786. The van der Waals surface area contributed by atoms with Crippen molar-refractivity contribution in [2.45, 2.75) is 25.8 Å². The fourth-order valence-corrected chi connectivity index (χ4v) is 2.44. The highest BCUT2D eigenvalue weighted by atomic mass is 32.1. The predicted octanol–water partition coefficient (Wildman–Crippen LogP) is 2.16. The van der Waals surface area contributed by atoms with E-state index >= 15 is 0 Å². The summed E-state index contributed by atoms with van der Waals surface area (Å²) in [5.74, 6) is -0.300. The Hall–Kier alpha value is -2.06. The molecule has 0 radical (unpaired) electrons. The van der Waals surface area contributed by atoms with Crippen molar-refractivity contribution in [1.82, 2.24) is 15.5 Å². The summed E-state index contributed by atoms with van der Waals surface area (Å²) in [7, 11) is 0. The maximum absolute atomic E-state index is 13.1. The van der Waals surface area contributed by atoms with Crippen LogP contribution >= 0.6 is 11.3 Å². The lowest BCUT2D eigenvalue weighted by molar-refractivity contribution is 0.187. The van der Waals surface area contributed by atoms with Crippen molar-refractivity contribution in [3.8, 4) is 0 Å². The van der Waals surface area contributed by atoms with E-state index in [0.29, 0.717) is 16.6 Å². The molecule has 118 valence electrons. The molecule has 3 N–H and O–H groups in total. The first-order valence-corrected chi connectivity index (χ1v) is 7.46. The maximum atomic E-state index is 13.1. The number of amides is 2. The highest BCUT2D eigenvalue weighted by Crippen LogP contribution is 2.19. The second-order valence-electron chi connectivity index (χ2n) is 5.43. The molecule has 8 heteroatoms. The number of hydrogen-bond donors (Lipinski definition) is 3. The molecule has 1 aromatic carbocycles. The van der Waals surface area contributed by atoms with Crippen LogP contribution < -0.4 is 10.6 Å². The number of carbonyl (C=O) groups excluding carboxylic acids is 1. The van der Waals surface area contributed by atoms with Crippen molar-refractivity contribution in [3.63, 3.8) is 0 Å². The van der Waals surface area contributed by atoms with Gasteiger partial charge in [0.2, 0.25) is 5.13 Å². The molecule has 0 fully saturated rings. The van der Waals surface area contributed by atoms with Gasteiger partial charge in [-0.3, -0.25) is 5.32 Å². The van der Waals surface area contributed by atoms with Crippen molar-refractivity contribution in [1.29, 1.82) is 0 Å². The number of nitrogens with zero attached hydrogens (tertiary/aromatic N) is 2. The Balaban J connectivity index is 1.95. The molecule has 0 saturated carbocycles. The van der Waals surface area contributed by atoms with Gasteiger partial charge in [0, 0.05) is 6.42 Å². The maximum Gasteiger partial charge on any atom is 0.321 e. The van der Waals surface area contributed by atoms with Gasteiger partial charge in [0.05, 0.1) is 12.1 Å². The van der Waals surface area contributed by atoms with E-state index in [0.717, 1.165) is 5.56 Å². The Bertz CT molecular complexity index is 660. The average molecular weight is 324 g/mol. The van der Waals surface area contributed by atoms with Crippen LogP contribution in [-0.4, -0.2) is 33.5 Å². The topological polar surface area (TPSA) is 87.1 Å². The van der Waals surface area contributed by atoms with E-state index in [2.05, 4.69) is 20.8 Å². The largest absolute Gasteiger partial charge is 0.394 e. The van der Waals surface area contributed by atoms with E-state index in [4.69, 9.17) is 5.11 Å².